The average Bonchev–Trinajstić information content (AvgIpc) is 2.40. The first-order valence-electron chi connectivity index (χ1n) is 7.00. The average molecular weight is 281 g/mol. The van der Waals surface area contributed by atoms with Gasteiger partial charge >= 0.3 is 0 Å². The maximum absolute atomic E-state index is 5.53. The number of ether oxygens (including phenoxy) is 3. The summed E-state index contributed by atoms with van der Waals surface area (Å²) in [5.41, 5.74) is 0.971. The second-order valence-corrected chi connectivity index (χ2v) is 5.58. The van der Waals surface area contributed by atoms with Gasteiger partial charge < -0.3 is 19.5 Å². The zero-order chi connectivity index (χ0) is 15.0. The van der Waals surface area contributed by atoms with Crippen LogP contribution in [0.15, 0.2) is 24.3 Å². The van der Waals surface area contributed by atoms with Crippen LogP contribution in [-0.4, -0.2) is 39.1 Å². The molecule has 0 aromatic heterocycles. The summed E-state index contributed by atoms with van der Waals surface area (Å²) in [4.78, 5) is 0. The number of rotatable bonds is 9. The van der Waals surface area contributed by atoms with Crippen LogP contribution in [0.25, 0.3) is 0 Å². The van der Waals surface area contributed by atoms with Gasteiger partial charge in [0.15, 0.2) is 0 Å². The first kappa shape index (κ1) is 16.8. The molecule has 1 aromatic rings. The van der Waals surface area contributed by atoms with Gasteiger partial charge in [-0.05, 0) is 51.5 Å². The highest BCUT2D eigenvalue weighted by Crippen LogP contribution is 2.20. The van der Waals surface area contributed by atoms with Crippen molar-refractivity contribution in [3.05, 3.63) is 24.3 Å². The number of methoxy groups -OCH3 is 2. The van der Waals surface area contributed by atoms with Crippen molar-refractivity contribution in [1.82, 2.24) is 0 Å². The molecule has 0 amide bonds. The van der Waals surface area contributed by atoms with Crippen LogP contribution in [0.3, 0.4) is 0 Å². The third kappa shape index (κ3) is 6.26. The Morgan fingerprint density at radius 1 is 1.10 bits per heavy atom. The number of benzene rings is 1. The fourth-order valence-corrected chi connectivity index (χ4v) is 2.05. The lowest BCUT2D eigenvalue weighted by Crippen LogP contribution is -2.31. The smallest absolute Gasteiger partial charge is 0.119 e. The molecule has 0 saturated carbocycles. The SMILES string of the molecule is COCCOc1ccc(NC(C)CC(C)(C)OC)cc1. The van der Waals surface area contributed by atoms with E-state index < -0.39 is 0 Å². The molecule has 4 heteroatoms. The van der Waals surface area contributed by atoms with E-state index >= 15 is 0 Å². The molecule has 0 bridgehead atoms. The van der Waals surface area contributed by atoms with E-state index in [4.69, 9.17) is 14.2 Å². The van der Waals surface area contributed by atoms with Crippen molar-refractivity contribution in [2.45, 2.75) is 38.8 Å². The Bertz CT molecular complexity index is 376. The summed E-state index contributed by atoms with van der Waals surface area (Å²) in [6.07, 6.45) is 0.940. The highest BCUT2D eigenvalue weighted by atomic mass is 16.5. The first-order chi connectivity index (χ1) is 9.46. The van der Waals surface area contributed by atoms with Crippen molar-refractivity contribution in [1.29, 1.82) is 0 Å². The molecule has 1 unspecified atom stereocenters. The lowest BCUT2D eigenvalue weighted by molar-refractivity contribution is 0.0128. The second-order valence-electron chi connectivity index (χ2n) is 5.58. The fourth-order valence-electron chi connectivity index (χ4n) is 2.05. The molecule has 1 atom stereocenters. The summed E-state index contributed by atoms with van der Waals surface area (Å²) in [5.74, 6) is 0.859. The molecule has 0 radical (unpaired) electrons. The topological polar surface area (TPSA) is 39.7 Å². The van der Waals surface area contributed by atoms with Crippen molar-refractivity contribution in [2.24, 2.45) is 0 Å². The molecule has 1 N–H and O–H groups in total. The van der Waals surface area contributed by atoms with E-state index in [1.54, 1.807) is 14.2 Å². The minimum atomic E-state index is -0.115. The lowest BCUT2D eigenvalue weighted by Gasteiger charge is -2.27. The van der Waals surface area contributed by atoms with E-state index in [9.17, 15) is 0 Å². The molecule has 0 spiro atoms. The van der Waals surface area contributed by atoms with Crippen LogP contribution < -0.4 is 10.1 Å². The van der Waals surface area contributed by atoms with Gasteiger partial charge in [-0.25, -0.2) is 0 Å². The third-order valence-corrected chi connectivity index (χ3v) is 3.17. The Kier molecular flexibility index (Phi) is 6.82. The van der Waals surface area contributed by atoms with Gasteiger partial charge in [-0.15, -0.1) is 0 Å². The van der Waals surface area contributed by atoms with Crippen LogP contribution in [-0.2, 0) is 9.47 Å². The number of hydrogen-bond donors (Lipinski definition) is 1. The van der Waals surface area contributed by atoms with E-state index in [1.165, 1.54) is 0 Å². The quantitative estimate of drug-likeness (QED) is 0.705. The molecule has 20 heavy (non-hydrogen) atoms. The monoisotopic (exact) mass is 281 g/mol. The molecular formula is C16H27NO3. The highest BCUT2D eigenvalue weighted by molar-refractivity contribution is 5.47. The molecule has 4 nitrogen and oxygen atoms in total. The fraction of sp³-hybridized carbons (Fsp3) is 0.625. The predicted molar refractivity (Wildman–Crippen MR) is 82.6 cm³/mol. The third-order valence-electron chi connectivity index (χ3n) is 3.17. The lowest BCUT2D eigenvalue weighted by atomic mass is 10.00. The van der Waals surface area contributed by atoms with Gasteiger partial charge in [0, 0.05) is 25.9 Å². The van der Waals surface area contributed by atoms with Gasteiger partial charge in [-0.3, -0.25) is 0 Å². The Hall–Kier alpha value is -1.26. The summed E-state index contributed by atoms with van der Waals surface area (Å²) in [6.45, 7) is 7.52. The Morgan fingerprint density at radius 2 is 1.75 bits per heavy atom. The summed E-state index contributed by atoms with van der Waals surface area (Å²) >= 11 is 0. The molecular weight excluding hydrogens is 254 g/mol. The number of hydrogen-bond acceptors (Lipinski definition) is 4. The van der Waals surface area contributed by atoms with E-state index in [1.807, 2.05) is 24.3 Å². The van der Waals surface area contributed by atoms with Crippen molar-refractivity contribution < 1.29 is 14.2 Å². The summed E-state index contributed by atoms with van der Waals surface area (Å²) < 4.78 is 15.9. The summed E-state index contributed by atoms with van der Waals surface area (Å²) in [5, 5.41) is 3.47. The Morgan fingerprint density at radius 3 is 2.30 bits per heavy atom. The number of nitrogens with one attached hydrogen (secondary N) is 1. The van der Waals surface area contributed by atoms with Gasteiger partial charge in [0.05, 0.1) is 12.2 Å². The van der Waals surface area contributed by atoms with Crippen LogP contribution >= 0.6 is 0 Å². The molecule has 0 fully saturated rings. The number of anilines is 1. The van der Waals surface area contributed by atoms with Crippen LogP contribution in [0.5, 0.6) is 5.75 Å². The van der Waals surface area contributed by atoms with E-state index in [0.29, 0.717) is 19.3 Å². The van der Waals surface area contributed by atoms with Gasteiger partial charge in [0.2, 0.25) is 0 Å². The summed E-state index contributed by atoms with van der Waals surface area (Å²) in [7, 11) is 3.41. The Balaban J connectivity index is 2.44. The minimum Gasteiger partial charge on any atom is -0.491 e. The van der Waals surface area contributed by atoms with E-state index in [-0.39, 0.29) is 5.60 Å². The van der Waals surface area contributed by atoms with Crippen LogP contribution in [0.2, 0.25) is 0 Å². The van der Waals surface area contributed by atoms with Crippen LogP contribution in [0.4, 0.5) is 5.69 Å². The van der Waals surface area contributed by atoms with Gasteiger partial charge in [-0.1, -0.05) is 0 Å². The molecule has 1 aromatic carbocycles. The molecule has 114 valence electrons. The van der Waals surface area contributed by atoms with Crippen molar-refractivity contribution in [3.63, 3.8) is 0 Å². The Labute approximate surface area is 122 Å². The molecule has 0 aliphatic heterocycles. The summed E-state index contributed by atoms with van der Waals surface area (Å²) in [6, 6.07) is 8.32. The van der Waals surface area contributed by atoms with Crippen molar-refractivity contribution in [2.75, 3.05) is 32.8 Å². The van der Waals surface area contributed by atoms with Gasteiger partial charge in [0.1, 0.15) is 12.4 Å². The maximum Gasteiger partial charge on any atom is 0.119 e. The van der Waals surface area contributed by atoms with Crippen molar-refractivity contribution >= 4 is 5.69 Å². The zero-order valence-corrected chi connectivity index (χ0v) is 13.2. The zero-order valence-electron chi connectivity index (χ0n) is 13.2. The van der Waals surface area contributed by atoms with E-state index in [0.717, 1.165) is 17.9 Å². The molecule has 0 aliphatic carbocycles. The molecule has 1 rings (SSSR count). The van der Waals surface area contributed by atoms with Crippen molar-refractivity contribution in [3.8, 4) is 5.75 Å². The highest BCUT2D eigenvalue weighted by Gasteiger charge is 2.19. The largest absolute Gasteiger partial charge is 0.491 e. The minimum absolute atomic E-state index is 0.115. The maximum atomic E-state index is 5.53. The van der Waals surface area contributed by atoms with Gasteiger partial charge in [0.25, 0.3) is 0 Å². The van der Waals surface area contributed by atoms with Crippen LogP contribution in [0.1, 0.15) is 27.2 Å². The molecule has 0 saturated heterocycles. The normalized spacial score (nSPS) is 13.1. The standard InChI is InChI=1S/C16H27NO3/c1-13(12-16(2,3)19-5)17-14-6-8-15(9-7-14)20-11-10-18-4/h6-9,13,17H,10-12H2,1-5H3. The second kappa shape index (κ2) is 8.12. The molecule has 0 heterocycles. The van der Waals surface area contributed by atoms with Gasteiger partial charge in [-0.2, -0.15) is 0 Å². The molecule has 0 aliphatic rings. The van der Waals surface area contributed by atoms with Crippen LogP contribution in [0, 0.1) is 0 Å². The first-order valence-corrected chi connectivity index (χ1v) is 7.00. The predicted octanol–water partition coefficient (Wildman–Crippen LogP) is 3.33. The van der Waals surface area contributed by atoms with E-state index in [2.05, 4.69) is 26.1 Å².